The number of nitrogens with zero attached hydrogens (tertiary/aromatic N) is 3. The van der Waals surface area contributed by atoms with Gasteiger partial charge in [-0.2, -0.15) is 0 Å². The summed E-state index contributed by atoms with van der Waals surface area (Å²) in [7, 11) is -2.13. The van der Waals surface area contributed by atoms with Crippen molar-refractivity contribution in [1.82, 2.24) is 14.6 Å². The van der Waals surface area contributed by atoms with Gasteiger partial charge in [0.2, 0.25) is 10.0 Å². The maximum atomic E-state index is 12.8. The lowest BCUT2D eigenvalue weighted by molar-refractivity contribution is 0.0767. The highest BCUT2D eigenvalue weighted by molar-refractivity contribution is 7.89. The average Bonchev–Trinajstić information content (AvgIpc) is 2.93. The van der Waals surface area contributed by atoms with E-state index in [1.54, 1.807) is 23.5 Å². The molecule has 0 spiro atoms. The molecule has 0 unspecified atom stereocenters. The molecule has 1 saturated heterocycles. The van der Waals surface area contributed by atoms with Crippen molar-refractivity contribution < 1.29 is 13.2 Å². The van der Waals surface area contributed by atoms with Crippen LogP contribution in [0.25, 0.3) is 0 Å². The molecule has 1 fully saturated rings. The monoisotopic (exact) mass is 394 g/mol. The summed E-state index contributed by atoms with van der Waals surface area (Å²) >= 11 is 1.63. The van der Waals surface area contributed by atoms with E-state index in [1.807, 2.05) is 17.2 Å². The molecule has 9 heteroatoms. The Bertz CT molecular complexity index is 878. The maximum absolute atomic E-state index is 12.8. The van der Waals surface area contributed by atoms with Crippen molar-refractivity contribution in [3.8, 4) is 0 Å². The van der Waals surface area contributed by atoms with E-state index < -0.39 is 10.0 Å². The molecule has 0 aliphatic carbocycles. The summed E-state index contributed by atoms with van der Waals surface area (Å²) in [6.45, 7) is 4.89. The van der Waals surface area contributed by atoms with Crippen LogP contribution in [0.15, 0.2) is 34.5 Å². The van der Waals surface area contributed by atoms with Crippen molar-refractivity contribution >= 4 is 32.4 Å². The number of carbonyl (C=O) groups is 1. The van der Waals surface area contributed by atoms with Gasteiger partial charge in [0.15, 0.2) is 5.13 Å². The van der Waals surface area contributed by atoms with Gasteiger partial charge in [-0.1, -0.05) is 0 Å². The third-order valence-corrected chi connectivity index (χ3v) is 6.79. The first-order valence-corrected chi connectivity index (χ1v) is 10.8. The number of aromatic nitrogens is 1. The van der Waals surface area contributed by atoms with Gasteiger partial charge in [-0.15, -0.1) is 11.3 Å². The number of aryl methyl sites for hydroxylation is 1. The number of benzene rings is 1. The van der Waals surface area contributed by atoms with Gasteiger partial charge < -0.3 is 9.80 Å². The molecular formula is C17H22N4O3S2. The molecule has 0 atom stereocenters. The van der Waals surface area contributed by atoms with Crippen LogP contribution in [0.2, 0.25) is 0 Å². The Hall–Kier alpha value is -1.97. The normalized spacial score (nSPS) is 15.8. The molecule has 140 valence electrons. The molecule has 0 radical (unpaired) electrons. The fraction of sp³-hybridized carbons (Fsp3) is 0.412. The van der Waals surface area contributed by atoms with E-state index in [0.29, 0.717) is 18.7 Å². The SMILES string of the molecule is CNS(=O)(=O)c1ccc(C(=O)N2CCCN(c3nc(C)cs3)CC2)cc1. The van der Waals surface area contributed by atoms with Crippen molar-refractivity contribution in [3.63, 3.8) is 0 Å². The topological polar surface area (TPSA) is 82.6 Å². The number of sulfonamides is 1. The van der Waals surface area contributed by atoms with Crippen molar-refractivity contribution in [2.24, 2.45) is 0 Å². The zero-order valence-electron chi connectivity index (χ0n) is 14.8. The first-order valence-electron chi connectivity index (χ1n) is 8.40. The third-order valence-electron chi connectivity index (χ3n) is 4.34. The average molecular weight is 395 g/mol. The predicted octanol–water partition coefficient (Wildman–Crippen LogP) is 1.71. The number of rotatable bonds is 4. The number of nitrogens with one attached hydrogen (secondary N) is 1. The largest absolute Gasteiger partial charge is 0.346 e. The highest BCUT2D eigenvalue weighted by Gasteiger charge is 2.22. The van der Waals surface area contributed by atoms with Crippen molar-refractivity contribution in [1.29, 1.82) is 0 Å². The summed E-state index contributed by atoms with van der Waals surface area (Å²) in [6.07, 6.45) is 0.872. The van der Waals surface area contributed by atoms with Crippen LogP contribution in [-0.2, 0) is 10.0 Å². The minimum atomic E-state index is -3.49. The molecule has 2 heterocycles. The highest BCUT2D eigenvalue weighted by atomic mass is 32.2. The second-order valence-electron chi connectivity index (χ2n) is 6.14. The Kier molecular flexibility index (Phi) is 5.59. The number of carbonyl (C=O) groups excluding carboxylic acids is 1. The minimum Gasteiger partial charge on any atom is -0.346 e. The first-order chi connectivity index (χ1) is 12.4. The third kappa shape index (κ3) is 4.05. The number of hydrogen-bond acceptors (Lipinski definition) is 6. The molecule has 0 bridgehead atoms. The van der Waals surface area contributed by atoms with Gasteiger partial charge in [0.1, 0.15) is 0 Å². The van der Waals surface area contributed by atoms with E-state index in [2.05, 4.69) is 14.6 Å². The molecule has 1 aliphatic rings. The van der Waals surface area contributed by atoms with E-state index in [-0.39, 0.29) is 10.8 Å². The van der Waals surface area contributed by atoms with Crippen LogP contribution in [0.5, 0.6) is 0 Å². The molecular weight excluding hydrogens is 372 g/mol. The molecule has 1 aromatic carbocycles. The van der Waals surface area contributed by atoms with E-state index in [1.165, 1.54) is 19.2 Å². The summed E-state index contributed by atoms with van der Waals surface area (Å²) in [4.78, 5) is 21.5. The summed E-state index contributed by atoms with van der Waals surface area (Å²) in [5, 5.41) is 3.03. The van der Waals surface area contributed by atoms with Gasteiger partial charge >= 0.3 is 0 Å². The van der Waals surface area contributed by atoms with Crippen LogP contribution in [0.4, 0.5) is 5.13 Å². The second kappa shape index (κ2) is 7.73. The second-order valence-corrected chi connectivity index (χ2v) is 8.86. The lowest BCUT2D eigenvalue weighted by atomic mass is 10.2. The lowest BCUT2D eigenvalue weighted by Crippen LogP contribution is -2.35. The lowest BCUT2D eigenvalue weighted by Gasteiger charge is -2.22. The summed E-state index contributed by atoms with van der Waals surface area (Å²) in [5.41, 5.74) is 1.51. The van der Waals surface area contributed by atoms with Crippen LogP contribution in [0, 0.1) is 6.92 Å². The molecule has 3 rings (SSSR count). The van der Waals surface area contributed by atoms with Gasteiger partial charge in [0.25, 0.3) is 5.91 Å². The summed E-state index contributed by atoms with van der Waals surface area (Å²) in [5.74, 6) is -0.0735. The molecule has 7 nitrogen and oxygen atoms in total. The van der Waals surface area contributed by atoms with Gasteiger partial charge in [0.05, 0.1) is 10.6 Å². The van der Waals surface area contributed by atoms with Gasteiger partial charge in [0, 0.05) is 37.1 Å². The van der Waals surface area contributed by atoms with E-state index in [9.17, 15) is 13.2 Å². The Labute approximate surface area is 157 Å². The smallest absolute Gasteiger partial charge is 0.253 e. The standard InChI is InChI=1S/C17H22N4O3S2/c1-13-12-25-17(19-13)21-9-3-8-20(10-11-21)16(22)14-4-6-15(7-5-14)26(23,24)18-2/h4-7,12,18H,3,8-11H2,1-2H3. The Morgan fingerprint density at radius 3 is 2.50 bits per heavy atom. The molecule has 1 N–H and O–H groups in total. The van der Waals surface area contributed by atoms with Crippen LogP contribution in [0.1, 0.15) is 22.5 Å². The van der Waals surface area contributed by atoms with E-state index in [0.717, 1.165) is 30.3 Å². The molecule has 26 heavy (non-hydrogen) atoms. The van der Waals surface area contributed by atoms with Gasteiger partial charge in [-0.25, -0.2) is 18.1 Å². The fourth-order valence-electron chi connectivity index (χ4n) is 2.88. The number of amides is 1. The Morgan fingerprint density at radius 2 is 1.88 bits per heavy atom. The molecule has 1 aliphatic heterocycles. The Balaban J connectivity index is 1.68. The zero-order valence-corrected chi connectivity index (χ0v) is 16.4. The first kappa shape index (κ1) is 18.8. The van der Waals surface area contributed by atoms with Crippen LogP contribution >= 0.6 is 11.3 Å². The molecule has 1 aromatic heterocycles. The number of thiazole rings is 1. The molecule has 2 aromatic rings. The minimum absolute atomic E-state index is 0.0735. The van der Waals surface area contributed by atoms with Gasteiger partial charge in [-0.3, -0.25) is 4.79 Å². The maximum Gasteiger partial charge on any atom is 0.253 e. The van der Waals surface area contributed by atoms with Crippen LogP contribution in [0.3, 0.4) is 0 Å². The number of anilines is 1. The Morgan fingerprint density at radius 1 is 1.15 bits per heavy atom. The number of hydrogen-bond donors (Lipinski definition) is 1. The molecule has 1 amide bonds. The van der Waals surface area contributed by atoms with Crippen molar-refractivity contribution in [2.75, 3.05) is 38.1 Å². The van der Waals surface area contributed by atoms with E-state index >= 15 is 0 Å². The molecule has 0 saturated carbocycles. The van der Waals surface area contributed by atoms with Crippen LogP contribution in [-0.4, -0.2) is 57.4 Å². The van der Waals surface area contributed by atoms with Crippen LogP contribution < -0.4 is 9.62 Å². The fourth-order valence-corrected chi connectivity index (χ4v) is 4.46. The highest BCUT2D eigenvalue weighted by Crippen LogP contribution is 2.22. The quantitative estimate of drug-likeness (QED) is 0.854. The van der Waals surface area contributed by atoms with Crippen molar-refractivity contribution in [3.05, 3.63) is 40.9 Å². The van der Waals surface area contributed by atoms with Gasteiger partial charge in [-0.05, 0) is 44.7 Å². The summed E-state index contributed by atoms with van der Waals surface area (Å²) in [6, 6.07) is 6.06. The van der Waals surface area contributed by atoms with E-state index in [4.69, 9.17) is 0 Å². The zero-order chi connectivity index (χ0) is 18.7. The summed E-state index contributed by atoms with van der Waals surface area (Å²) < 4.78 is 25.8. The predicted molar refractivity (Wildman–Crippen MR) is 102 cm³/mol. The van der Waals surface area contributed by atoms with Crippen molar-refractivity contribution in [2.45, 2.75) is 18.2 Å².